The predicted octanol–water partition coefficient (Wildman–Crippen LogP) is 2.92. The molecule has 0 radical (unpaired) electrons. The molecule has 0 aromatic rings. The van der Waals surface area contributed by atoms with Crippen molar-refractivity contribution >= 4 is 24.5 Å². The highest BCUT2D eigenvalue weighted by atomic mass is 16.5. The maximum Gasteiger partial charge on any atom is 0.303 e. The molecule has 22 heavy (non-hydrogen) atoms. The van der Waals surface area contributed by atoms with Gasteiger partial charge in [0, 0.05) is 26.2 Å². The number of carboxylic acids is 1. The molecule has 0 amide bonds. The highest BCUT2D eigenvalue weighted by Crippen LogP contribution is 2.03. The summed E-state index contributed by atoms with van der Waals surface area (Å²) < 4.78 is 4.69. The zero-order valence-corrected chi connectivity index (χ0v) is 13.4. The lowest BCUT2D eigenvalue weighted by molar-refractivity contribution is -0.141. The van der Waals surface area contributed by atoms with E-state index in [1.807, 2.05) is 0 Å². The third-order valence-corrected chi connectivity index (χ3v) is 2.73. The zero-order valence-electron chi connectivity index (χ0n) is 13.4. The highest BCUT2D eigenvalue weighted by molar-refractivity contribution is 5.66. The number of carboxylic acid groups (broad SMARTS) is 1. The number of hydrogen-bond donors (Lipinski definition) is 1. The quantitative estimate of drug-likeness (QED) is 0.319. The standard InChI is InChI=1S/2C8H14O3/c1-8(10)11-7-5-3-2-4-6-9;9-7-5-3-1-2-4-6-8(10)11/h6H,2-5,7H2,1H3;7H,1-6H2,(H,10,11). The van der Waals surface area contributed by atoms with E-state index in [4.69, 9.17) is 9.84 Å². The van der Waals surface area contributed by atoms with Crippen molar-refractivity contribution in [3.8, 4) is 0 Å². The van der Waals surface area contributed by atoms with Crippen LogP contribution in [0.4, 0.5) is 0 Å². The van der Waals surface area contributed by atoms with Crippen LogP contribution in [0.5, 0.6) is 0 Å². The van der Waals surface area contributed by atoms with Crippen LogP contribution in [0.25, 0.3) is 0 Å². The first-order valence-corrected chi connectivity index (χ1v) is 7.77. The molecular weight excluding hydrogens is 288 g/mol. The van der Waals surface area contributed by atoms with E-state index in [1.54, 1.807) is 0 Å². The van der Waals surface area contributed by atoms with Gasteiger partial charge >= 0.3 is 11.9 Å². The summed E-state index contributed by atoms with van der Waals surface area (Å²) in [6.45, 7) is 1.87. The van der Waals surface area contributed by atoms with Gasteiger partial charge in [0.1, 0.15) is 12.6 Å². The second-order valence-corrected chi connectivity index (χ2v) is 4.87. The predicted molar refractivity (Wildman–Crippen MR) is 82.6 cm³/mol. The molecular formula is C16H28O6. The summed E-state index contributed by atoms with van der Waals surface area (Å²) >= 11 is 0. The fraction of sp³-hybridized carbons (Fsp3) is 0.750. The van der Waals surface area contributed by atoms with Crippen molar-refractivity contribution in [3.63, 3.8) is 0 Å². The molecule has 0 saturated carbocycles. The topological polar surface area (TPSA) is 97.7 Å². The maximum absolute atomic E-state index is 10.3. The molecule has 0 unspecified atom stereocenters. The summed E-state index contributed by atoms with van der Waals surface area (Å²) in [4.78, 5) is 40.0. The van der Waals surface area contributed by atoms with Crippen molar-refractivity contribution in [2.45, 2.75) is 71.1 Å². The van der Waals surface area contributed by atoms with Crippen molar-refractivity contribution in [1.29, 1.82) is 0 Å². The Labute approximate surface area is 132 Å². The third-order valence-electron chi connectivity index (χ3n) is 2.73. The van der Waals surface area contributed by atoms with E-state index in [1.165, 1.54) is 6.92 Å². The van der Waals surface area contributed by atoms with Crippen LogP contribution in [0.3, 0.4) is 0 Å². The van der Waals surface area contributed by atoms with Crippen LogP contribution in [-0.2, 0) is 23.9 Å². The molecule has 128 valence electrons. The van der Waals surface area contributed by atoms with Crippen LogP contribution in [0.1, 0.15) is 71.1 Å². The van der Waals surface area contributed by atoms with Gasteiger partial charge in [0.05, 0.1) is 6.61 Å². The number of carbonyl (C=O) groups is 4. The second-order valence-electron chi connectivity index (χ2n) is 4.87. The molecule has 0 aromatic carbocycles. The monoisotopic (exact) mass is 316 g/mol. The van der Waals surface area contributed by atoms with Gasteiger partial charge in [0.15, 0.2) is 0 Å². The van der Waals surface area contributed by atoms with Gasteiger partial charge in [-0.25, -0.2) is 0 Å². The molecule has 0 aliphatic carbocycles. The van der Waals surface area contributed by atoms with E-state index in [0.29, 0.717) is 19.4 Å². The summed E-state index contributed by atoms with van der Waals surface area (Å²) in [6.07, 6.45) is 9.48. The normalized spacial score (nSPS) is 9.32. The summed E-state index contributed by atoms with van der Waals surface area (Å²) in [7, 11) is 0. The summed E-state index contributed by atoms with van der Waals surface area (Å²) in [5.74, 6) is -0.972. The van der Waals surface area contributed by atoms with Crippen molar-refractivity contribution in [2.24, 2.45) is 0 Å². The fourth-order valence-corrected chi connectivity index (χ4v) is 1.58. The Morgan fingerprint density at radius 1 is 0.864 bits per heavy atom. The van der Waals surface area contributed by atoms with Gasteiger partial charge in [-0.05, 0) is 32.1 Å². The number of aldehydes is 2. The van der Waals surface area contributed by atoms with Crippen molar-refractivity contribution in [1.82, 2.24) is 0 Å². The minimum absolute atomic E-state index is 0.236. The Kier molecular flexibility index (Phi) is 19.8. The molecule has 0 aliphatic rings. The second kappa shape index (κ2) is 19.3. The average molecular weight is 316 g/mol. The number of rotatable bonds is 13. The average Bonchev–Trinajstić information content (AvgIpc) is 2.46. The smallest absolute Gasteiger partial charge is 0.303 e. The molecule has 0 heterocycles. The summed E-state index contributed by atoms with van der Waals surface area (Å²) in [6, 6.07) is 0. The molecule has 0 fully saturated rings. The van der Waals surface area contributed by atoms with E-state index < -0.39 is 5.97 Å². The van der Waals surface area contributed by atoms with Gasteiger partial charge in [-0.3, -0.25) is 9.59 Å². The van der Waals surface area contributed by atoms with E-state index >= 15 is 0 Å². The lowest BCUT2D eigenvalue weighted by atomic mass is 10.1. The fourth-order valence-electron chi connectivity index (χ4n) is 1.58. The van der Waals surface area contributed by atoms with Crippen LogP contribution >= 0.6 is 0 Å². The number of hydrogen-bond acceptors (Lipinski definition) is 5. The lowest BCUT2D eigenvalue weighted by Gasteiger charge is -1.99. The van der Waals surface area contributed by atoms with Crippen LogP contribution in [0, 0.1) is 0 Å². The summed E-state index contributed by atoms with van der Waals surface area (Å²) in [5.41, 5.74) is 0. The minimum Gasteiger partial charge on any atom is -0.481 e. The van der Waals surface area contributed by atoms with Crippen molar-refractivity contribution in [3.05, 3.63) is 0 Å². The minimum atomic E-state index is -0.736. The number of aliphatic carboxylic acids is 1. The summed E-state index contributed by atoms with van der Waals surface area (Å²) in [5, 5.41) is 8.26. The molecule has 6 nitrogen and oxygen atoms in total. The van der Waals surface area contributed by atoms with Crippen LogP contribution in [-0.4, -0.2) is 36.2 Å². The van der Waals surface area contributed by atoms with E-state index in [-0.39, 0.29) is 12.4 Å². The molecule has 0 aromatic heterocycles. The lowest BCUT2D eigenvalue weighted by Crippen LogP contribution is -2.00. The van der Waals surface area contributed by atoms with Crippen molar-refractivity contribution < 1.29 is 29.0 Å². The van der Waals surface area contributed by atoms with Gasteiger partial charge in [-0.15, -0.1) is 0 Å². The third kappa shape index (κ3) is 26.8. The Morgan fingerprint density at radius 2 is 1.36 bits per heavy atom. The first kappa shape index (κ1) is 22.6. The number of unbranched alkanes of at least 4 members (excludes halogenated alkanes) is 7. The Balaban J connectivity index is 0. The Bertz CT molecular complexity index is 271. The van der Waals surface area contributed by atoms with Crippen molar-refractivity contribution in [2.75, 3.05) is 6.61 Å². The molecule has 0 saturated heterocycles. The van der Waals surface area contributed by atoms with E-state index in [9.17, 15) is 19.2 Å². The Morgan fingerprint density at radius 3 is 1.82 bits per heavy atom. The molecule has 1 N–H and O–H groups in total. The van der Waals surface area contributed by atoms with Gasteiger partial charge in [0.25, 0.3) is 0 Å². The Hall–Kier alpha value is -1.72. The molecule has 0 bridgehead atoms. The SMILES string of the molecule is CC(=O)OCCCCCC=O.O=CCCCCCCC(=O)O. The largest absolute Gasteiger partial charge is 0.481 e. The number of ether oxygens (including phenoxy) is 1. The highest BCUT2D eigenvalue weighted by Gasteiger charge is 1.95. The van der Waals surface area contributed by atoms with Gasteiger partial charge in [-0.2, -0.15) is 0 Å². The number of esters is 1. The van der Waals surface area contributed by atoms with E-state index in [2.05, 4.69) is 0 Å². The molecule has 0 aliphatic heterocycles. The first-order chi connectivity index (χ1) is 10.5. The molecule has 0 atom stereocenters. The van der Waals surface area contributed by atoms with E-state index in [0.717, 1.165) is 57.5 Å². The van der Waals surface area contributed by atoms with Crippen LogP contribution < -0.4 is 0 Å². The first-order valence-electron chi connectivity index (χ1n) is 7.77. The molecule has 0 rings (SSSR count). The van der Waals surface area contributed by atoms with Crippen LogP contribution in [0.2, 0.25) is 0 Å². The van der Waals surface area contributed by atoms with Crippen LogP contribution in [0.15, 0.2) is 0 Å². The number of carbonyl (C=O) groups excluding carboxylic acids is 3. The van der Waals surface area contributed by atoms with Gasteiger partial charge in [0.2, 0.25) is 0 Å². The van der Waals surface area contributed by atoms with Gasteiger partial charge in [-0.1, -0.05) is 12.8 Å². The molecule has 0 spiro atoms. The zero-order chi connectivity index (χ0) is 17.1. The molecule has 6 heteroatoms. The van der Waals surface area contributed by atoms with Gasteiger partial charge < -0.3 is 19.4 Å². The maximum atomic E-state index is 10.3.